The van der Waals surface area contributed by atoms with E-state index in [1.54, 1.807) is 12.1 Å². The molecule has 0 radical (unpaired) electrons. The maximum Gasteiger partial charge on any atom is 0.341 e. The fraction of sp³-hybridized carbons (Fsp3) is 0.273. The van der Waals surface area contributed by atoms with Gasteiger partial charge in [-0.1, -0.05) is 6.07 Å². The van der Waals surface area contributed by atoms with Gasteiger partial charge in [-0.05, 0) is 12.1 Å². The second-order valence-electron chi connectivity index (χ2n) is 3.96. The summed E-state index contributed by atoms with van der Waals surface area (Å²) >= 11 is 0. The number of carboxylic acids is 1. The number of carboxylic acid groups (broad SMARTS) is 1. The number of primary sulfonamides is 1. The van der Waals surface area contributed by atoms with Gasteiger partial charge in [0.15, 0.2) is 6.61 Å². The highest BCUT2D eigenvalue weighted by atomic mass is 32.2. The lowest BCUT2D eigenvalue weighted by Gasteiger charge is -2.09. The molecular formula is C11H15N3O6S. The summed E-state index contributed by atoms with van der Waals surface area (Å²) in [7, 11) is -3.63. The highest BCUT2D eigenvalue weighted by Gasteiger charge is 2.06. The zero-order valence-corrected chi connectivity index (χ0v) is 11.7. The van der Waals surface area contributed by atoms with E-state index in [0.717, 1.165) is 0 Å². The molecule has 9 nitrogen and oxygen atoms in total. The topological polar surface area (TPSA) is 148 Å². The van der Waals surface area contributed by atoms with Crippen LogP contribution in [0.5, 0.6) is 5.75 Å². The van der Waals surface area contributed by atoms with Gasteiger partial charge in [0.05, 0.1) is 5.75 Å². The van der Waals surface area contributed by atoms with Crippen LogP contribution in [-0.2, 0) is 14.8 Å². The largest absolute Gasteiger partial charge is 0.482 e. The number of benzene rings is 1. The number of hydrogen-bond donors (Lipinski definition) is 4. The van der Waals surface area contributed by atoms with Gasteiger partial charge in [-0.2, -0.15) is 0 Å². The van der Waals surface area contributed by atoms with Crippen molar-refractivity contribution in [2.75, 3.05) is 24.2 Å². The third-order valence-electron chi connectivity index (χ3n) is 2.13. The standard InChI is InChI=1S/C11H15N3O6S/c12-21(18,19)5-4-13-11(17)14-8-2-1-3-9(6-8)20-7-10(15)16/h1-3,6H,4-5,7H2,(H,15,16)(H2,12,18,19)(H2,13,14,17). The predicted molar refractivity (Wildman–Crippen MR) is 74.6 cm³/mol. The van der Waals surface area contributed by atoms with Crippen LogP contribution in [0.3, 0.4) is 0 Å². The van der Waals surface area contributed by atoms with Crippen molar-refractivity contribution in [2.45, 2.75) is 0 Å². The van der Waals surface area contributed by atoms with Gasteiger partial charge >= 0.3 is 12.0 Å². The molecule has 0 bridgehead atoms. The van der Waals surface area contributed by atoms with Crippen LogP contribution in [0.15, 0.2) is 24.3 Å². The fourth-order valence-corrected chi connectivity index (χ4v) is 1.68. The summed E-state index contributed by atoms with van der Waals surface area (Å²) in [6.45, 7) is -0.621. The fourth-order valence-electron chi connectivity index (χ4n) is 1.29. The van der Waals surface area contributed by atoms with Gasteiger partial charge in [-0.3, -0.25) is 0 Å². The SMILES string of the molecule is NS(=O)(=O)CCNC(=O)Nc1cccc(OCC(=O)O)c1. The third-order valence-corrected chi connectivity index (χ3v) is 2.90. The number of rotatable bonds is 7. The Kier molecular flexibility index (Phi) is 5.93. The first kappa shape index (κ1) is 16.7. The first-order valence-electron chi connectivity index (χ1n) is 5.76. The molecule has 0 saturated heterocycles. The molecular weight excluding hydrogens is 302 g/mol. The smallest absolute Gasteiger partial charge is 0.341 e. The Morgan fingerprint density at radius 1 is 1.33 bits per heavy atom. The van der Waals surface area contributed by atoms with Gasteiger partial charge in [0.25, 0.3) is 0 Å². The van der Waals surface area contributed by atoms with E-state index in [-0.39, 0.29) is 18.0 Å². The van der Waals surface area contributed by atoms with E-state index in [0.29, 0.717) is 5.69 Å². The van der Waals surface area contributed by atoms with E-state index in [2.05, 4.69) is 10.6 Å². The monoisotopic (exact) mass is 317 g/mol. The molecule has 1 rings (SSSR count). The Bertz CT molecular complexity index is 616. The Balaban J connectivity index is 2.48. The molecule has 0 aliphatic carbocycles. The van der Waals surface area contributed by atoms with E-state index in [9.17, 15) is 18.0 Å². The van der Waals surface area contributed by atoms with Crippen LogP contribution < -0.4 is 20.5 Å². The number of aliphatic carboxylic acids is 1. The maximum atomic E-state index is 11.5. The Labute approximate surface area is 121 Å². The summed E-state index contributed by atoms with van der Waals surface area (Å²) in [5.74, 6) is -1.21. The highest BCUT2D eigenvalue weighted by Crippen LogP contribution is 2.17. The van der Waals surface area contributed by atoms with E-state index in [1.807, 2.05) is 0 Å². The van der Waals surface area contributed by atoms with Crippen molar-refractivity contribution in [2.24, 2.45) is 5.14 Å². The summed E-state index contributed by atoms with van der Waals surface area (Å²) in [5, 5.41) is 18.0. The number of carbonyl (C=O) groups excluding carboxylic acids is 1. The van der Waals surface area contributed by atoms with Crippen molar-refractivity contribution in [3.63, 3.8) is 0 Å². The molecule has 0 saturated carbocycles. The molecule has 0 aliphatic heterocycles. The molecule has 10 heteroatoms. The minimum atomic E-state index is -3.63. The first-order chi connectivity index (χ1) is 9.76. The van der Waals surface area contributed by atoms with Gasteiger partial charge in [0.1, 0.15) is 5.75 Å². The van der Waals surface area contributed by atoms with Crippen LogP contribution in [0.2, 0.25) is 0 Å². The number of sulfonamides is 1. The number of hydrogen-bond acceptors (Lipinski definition) is 5. The van der Waals surface area contributed by atoms with Gasteiger partial charge in [-0.15, -0.1) is 0 Å². The number of nitrogens with one attached hydrogen (secondary N) is 2. The van der Waals surface area contributed by atoms with E-state index >= 15 is 0 Å². The quantitative estimate of drug-likeness (QED) is 0.536. The van der Waals surface area contributed by atoms with Crippen molar-refractivity contribution < 1.29 is 27.9 Å². The molecule has 0 unspecified atom stereocenters. The molecule has 116 valence electrons. The molecule has 0 fully saturated rings. The number of carbonyl (C=O) groups is 2. The zero-order chi connectivity index (χ0) is 15.9. The Morgan fingerprint density at radius 3 is 2.67 bits per heavy atom. The molecule has 0 aromatic heterocycles. The average molecular weight is 317 g/mol. The Morgan fingerprint density at radius 2 is 2.05 bits per heavy atom. The Hall–Kier alpha value is -2.33. The van der Waals surface area contributed by atoms with Gasteiger partial charge < -0.3 is 20.5 Å². The van der Waals surface area contributed by atoms with Crippen LogP contribution >= 0.6 is 0 Å². The molecule has 5 N–H and O–H groups in total. The average Bonchev–Trinajstić information content (AvgIpc) is 2.35. The molecule has 21 heavy (non-hydrogen) atoms. The highest BCUT2D eigenvalue weighted by molar-refractivity contribution is 7.89. The van der Waals surface area contributed by atoms with Crippen molar-refractivity contribution in [3.05, 3.63) is 24.3 Å². The van der Waals surface area contributed by atoms with E-state index in [4.69, 9.17) is 15.0 Å². The van der Waals surface area contributed by atoms with Gasteiger partial charge in [0, 0.05) is 18.3 Å². The minimum Gasteiger partial charge on any atom is -0.482 e. The number of anilines is 1. The third kappa shape index (κ3) is 7.74. The van der Waals surface area contributed by atoms with E-state index < -0.39 is 28.6 Å². The zero-order valence-electron chi connectivity index (χ0n) is 10.9. The van der Waals surface area contributed by atoms with Crippen molar-refractivity contribution >= 4 is 27.7 Å². The molecule has 0 aliphatic rings. The summed E-state index contributed by atoms with van der Waals surface area (Å²) in [6.07, 6.45) is 0. The van der Waals surface area contributed by atoms with Crippen LogP contribution in [-0.4, -0.2) is 44.4 Å². The maximum absolute atomic E-state index is 11.5. The molecule has 0 heterocycles. The van der Waals surface area contributed by atoms with Crippen LogP contribution in [0.4, 0.5) is 10.5 Å². The van der Waals surface area contributed by atoms with Crippen LogP contribution in [0.1, 0.15) is 0 Å². The summed E-state index contributed by atoms with van der Waals surface area (Å²) in [4.78, 5) is 21.9. The lowest BCUT2D eigenvalue weighted by molar-refractivity contribution is -0.139. The first-order valence-corrected chi connectivity index (χ1v) is 7.48. The van der Waals surface area contributed by atoms with Gasteiger partial charge in [0.2, 0.25) is 10.0 Å². The normalized spacial score (nSPS) is 10.7. The minimum absolute atomic E-state index is 0.125. The molecule has 2 amide bonds. The van der Waals surface area contributed by atoms with Crippen molar-refractivity contribution in [1.29, 1.82) is 0 Å². The van der Waals surface area contributed by atoms with Gasteiger partial charge in [-0.25, -0.2) is 23.1 Å². The molecule has 1 aromatic rings. The summed E-state index contributed by atoms with van der Waals surface area (Å²) in [6, 6.07) is 5.48. The number of ether oxygens (including phenoxy) is 1. The van der Waals surface area contributed by atoms with Crippen molar-refractivity contribution in [1.82, 2.24) is 5.32 Å². The summed E-state index contributed by atoms with van der Waals surface area (Å²) < 4.78 is 26.3. The predicted octanol–water partition coefficient (Wildman–Crippen LogP) is -0.440. The number of amides is 2. The van der Waals surface area contributed by atoms with E-state index in [1.165, 1.54) is 12.1 Å². The number of urea groups is 1. The lowest BCUT2D eigenvalue weighted by atomic mass is 10.3. The summed E-state index contributed by atoms with van der Waals surface area (Å²) in [5.41, 5.74) is 0.367. The van der Waals surface area contributed by atoms with Crippen LogP contribution in [0, 0.1) is 0 Å². The molecule has 0 atom stereocenters. The molecule has 1 aromatic carbocycles. The second kappa shape index (κ2) is 7.45. The lowest BCUT2D eigenvalue weighted by Crippen LogP contribution is -2.34. The van der Waals surface area contributed by atoms with Crippen LogP contribution in [0.25, 0.3) is 0 Å². The second-order valence-corrected chi connectivity index (χ2v) is 5.69. The molecule has 0 spiro atoms. The van der Waals surface area contributed by atoms with Crippen molar-refractivity contribution in [3.8, 4) is 5.75 Å². The number of nitrogens with two attached hydrogens (primary N) is 1.